The average molecular weight is 491 g/mol. The lowest BCUT2D eigenvalue weighted by Crippen LogP contribution is -2.49. The zero-order valence-electron chi connectivity index (χ0n) is 19.0. The van der Waals surface area contributed by atoms with Crippen LogP contribution < -0.4 is 25.8 Å². The molecule has 35 heavy (non-hydrogen) atoms. The molecule has 0 aromatic carbocycles. The molecule has 0 saturated carbocycles. The summed E-state index contributed by atoms with van der Waals surface area (Å²) in [5, 5.41) is 7.21. The van der Waals surface area contributed by atoms with Crippen LogP contribution in [-0.2, 0) is 0 Å². The molecule has 10 nitrogen and oxygen atoms in total. The van der Waals surface area contributed by atoms with Gasteiger partial charge in [0.1, 0.15) is 17.6 Å². The van der Waals surface area contributed by atoms with E-state index in [4.69, 9.17) is 0 Å². The third-order valence-corrected chi connectivity index (χ3v) is 5.84. The van der Waals surface area contributed by atoms with E-state index in [9.17, 15) is 27.6 Å². The number of hydrogen-bond donors (Lipinski definition) is 3. The second kappa shape index (κ2) is 9.39. The van der Waals surface area contributed by atoms with Gasteiger partial charge in [0.2, 0.25) is 0 Å². The Balaban J connectivity index is 1.60. The maximum absolute atomic E-state index is 13.3. The molecule has 4 rings (SSSR count). The van der Waals surface area contributed by atoms with E-state index in [1.165, 1.54) is 29.3 Å². The van der Waals surface area contributed by atoms with Crippen LogP contribution in [-0.4, -0.2) is 65.7 Å². The van der Waals surface area contributed by atoms with E-state index in [1.54, 1.807) is 13.0 Å². The molecule has 2 aromatic rings. The number of urea groups is 1. The van der Waals surface area contributed by atoms with E-state index in [0.29, 0.717) is 37.3 Å². The fourth-order valence-electron chi connectivity index (χ4n) is 4.02. The molecule has 1 saturated heterocycles. The Kier molecular flexibility index (Phi) is 6.50. The summed E-state index contributed by atoms with van der Waals surface area (Å²) in [6.45, 7) is 4.26. The summed E-state index contributed by atoms with van der Waals surface area (Å²) in [5.74, 6) is -0.996. The van der Waals surface area contributed by atoms with Crippen LogP contribution >= 0.6 is 0 Å². The van der Waals surface area contributed by atoms with E-state index < -0.39 is 24.2 Å². The summed E-state index contributed by atoms with van der Waals surface area (Å²) >= 11 is 0. The van der Waals surface area contributed by atoms with Gasteiger partial charge in [-0.2, -0.15) is 13.2 Å². The van der Waals surface area contributed by atoms with Gasteiger partial charge in [-0.3, -0.25) is 19.8 Å². The van der Waals surface area contributed by atoms with Crippen LogP contribution in [0.25, 0.3) is 0 Å². The zero-order chi connectivity index (χ0) is 25.3. The maximum Gasteiger partial charge on any atom is 0.408 e. The molecule has 1 fully saturated rings. The van der Waals surface area contributed by atoms with Gasteiger partial charge < -0.3 is 15.5 Å². The summed E-state index contributed by atoms with van der Waals surface area (Å²) < 4.78 is 38.6. The number of anilines is 3. The fraction of sp³-hybridized carbons (Fsp3) is 0.409. The van der Waals surface area contributed by atoms with E-state index in [1.807, 2.05) is 10.2 Å². The van der Waals surface area contributed by atoms with E-state index in [0.717, 1.165) is 6.92 Å². The quantitative estimate of drug-likeness (QED) is 0.592. The molecule has 0 aliphatic carbocycles. The van der Waals surface area contributed by atoms with Crippen LogP contribution in [0.4, 0.5) is 35.3 Å². The molecule has 13 heteroatoms. The Hall–Kier alpha value is -3.90. The smallest absolute Gasteiger partial charge is 0.366 e. The van der Waals surface area contributed by atoms with Crippen molar-refractivity contribution in [2.45, 2.75) is 38.5 Å². The van der Waals surface area contributed by atoms with Crippen molar-refractivity contribution in [3.05, 3.63) is 41.7 Å². The van der Waals surface area contributed by atoms with Gasteiger partial charge >= 0.3 is 12.2 Å². The Bertz CT molecular complexity index is 1160. The molecular weight excluding hydrogens is 467 g/mol. The second-order valence-electron chi connectivity index (χ2n) is 8.25. The van der Waals surface area contributed by atoms with Gasteiger partial charge in [0.25, 0.3) is 11.8 Å². The van der Waals surface area contributed by atoms with Crippen LogP contribution in [0.3, 0.4) is 0 Å². The highest BCUT2D eigenvalue weighted by Crippen LogP contribution is 2.39. The molecule has 2 aromatic heterocycles. The second-order valence-corrected chi connectivity index (χ2v) is 8.25. The van der Waals surface area contributed by atoms with Crippen molar-refractivity contribution < 1.29 is 27.6 Å². The number of rotatable bonds is 5. The van der Waals surface area contributed by atoms with Crippen molar-refractivity contribution in [2.24, 2.45) is 0 Å². The van der Waals surface area contributed by atoms with Gasteiger partial charge in [-0.15, -0.1) is 0 Å². The first-order valence-corrected chi connectivity index (χ1v) is 11.1. The van der Waals surface area contributed by atoms with Gasteiger partial charge in [0, 0.05) is 31.4 Å². The minimum atomic E-state index is -4.60. The molecule has 2 atom stereocenters. The molecule has 2 aliphatic heterocycles. The Morgan fingerprint density at radius 1 is 1.20 bits per heavy atom. The van der Waals surface area contributed by atoms with E-state index >= 15 is 0 Å². The first kappa shape index (κ1) is 24.2. The molecule has 4 amide bonds. The molecule has 2 aliphatic rings. The van der Waals surface area contributed by atoms with Crippen molar-refractivity contribution in [3.8, 4) is 0 Å². The third-order valence-electron chi connectivity index (χ3n) is 5.84. The molecule has 3 N–H and O–H groups in total. The lowest BCUT2D eigenvalue weighted by molar-refractivity contribution is -0.149. The van der Waals surface area contributed by atoms with Crippen molar-refractivity contribution in [1.82, 2.24) is 20.6 Å². The summed E-state index contributed by atoms with van der Waals surface area (Å²) in [7, 11) is 0. The third kappa shape index (κ3) is 4.98. The summed E-state index contributed by atoms with van der Waals surface area (Å²) in [6.07, 6.45) is -2.57. The van der Waals surface area contributed by atoms with E-state index in [-0.39, 0.29) is 29.3 Å². The predicted octanol–water partition coefficient (Wildman–Crippen LogP) is 2.54. The van der Waals surface area contributed by atoms with Crippen molar-refractivity contribution in [2.75, 3.05) is 34.8 Å². The van der Waals surface area contributed by atoms with E-state index in [2.05, 4.69) is 20.6 Å². The highest BCUT2D eigenvalue weighted by molar-refractivity contribution is 6.05. The number of nitrogens with one attached hydrogen (secondary N) is 3. The minimum absolute atomic E-state index is 0.147. The van der Waals surface area contributed by atoms with Crippen molar-refractivity contribution in [1.29, 1.82) is 0 Å². The first-order chi connectivity index (χ1) is 16.6. The number of pyridine rings is 2. The van der Waals surface area contributed by atoms with Gasteiger partial charge in [-0.25, -0.2) is 14.8 Å². The number of carbonyl (C=O) groups excluding carboxylic acids is 3. The zero-order valence-corrected chi connectivity index (χ0v) is 19.0. The largest absolute Gasteiger partial charge is 0.408 e. The number of amides is 4. The number of hydrogen-bond acceptors (Lipinski definition) is 6. The monoisotopic (exact) mass is 491 g/mol. The number of nitrogens with zero attached hydrogens (tertiary/aromatic N) is 4. The Morgan fingerprint density at radius 2 is 1.97 bits per heavy atom. The summed E-state index contributed by atoms with van der Waals surface area (Å²) in [6, 6.07) is 2.97. The number of alkyl halides is 3. The van der Waals surface area contributed by atoms with Crippen LogP contribution in [0, 0.1) is 0 Å². The van der Waals surface area contributed by atoms with Crippen LogP contribution in [0.15, 0.2) is 30.5 Å². The maximum atomic E-state index is 13.3. The SMILES string of the molecule is CCNC(=O)c1ccnc(NC(=O)N2c3nc(C(=O)NC(C)C(F)(F)F)ccc3N3CC[C@H]2C3)c1. The van der Waals surface area contributed by atoms with Gasteiger partial charge in [-0.05, 0) is 44.5 Å². The highest BCUT2D eigenvalue weighted by atomic mass is 19.4. The number of fused-ring (bicyclic) bond motifs is 4. The highest BCUT2D eigenvalue weighted by Gasteiger charge is 2.41. The lowest BCUT2D eigenvalue weighted by Gasteiger charge is -2.35. The normalized spacial score (nSPS) is 17.5. The van der Waals surface area contributed by atoms with Gasteiger partial charge in [0.05, 0.1) is 11.7 Å². The Labute approximate surface area is 198 Å². The number of halogens is 3. The minimum Gasteiger partial charge on any atom is -0.366 e. The topological polar surface area (TPSA) is 120 Å². The summed E-state index contributed by atoms with van der Waals surface area (Å²) in [4.78, 5) is 49.6. The van der Waals surface area contributed by atoms with Gasteiger partial charge in [-0.1, -0.05) is 0 Å². The lowest BCUT2D eigenvalue weighted by atomic mass is 10.1. The fourth-order valence-corrected chi connectivity index (χ4v) is 4.02. The van der Waals surface area contributed by atoms with Crippen molar-refractivity contribution >= 4 is 35.2 Å². The molecule has 4 heterocycles. The molecule has 0 spiro atoms. The summed E-state index contributed by atoms with van der Waals surface area (Å²) in [5.41, 5.74) is 0.675. The number of aromatic nitrogens is 2. The van der Waals surface area contributed by atoms with Gasteiger partial charge in [0.15, 0.2) is 5.82 Å². The average Bonchev–Trinajstić information content (AvgIpc) is 3.22. The first-order valence-electron chi connectivity index (χ1n) is 11.1. The van der Waals surface area contributed by atoms with Crippen LogP contribution in [0.5, 0.6) is 0 Å². The molecular formula is C22H24F3N7O3. The standard InChI is InChI=1S/C22H24F3N7O3/c1-3-26-19(33)13-6-8-27-17(10-13)30-21(35)32-14-7-9-31(11-14)16-5-4-15(29-18(16)32)20(34)28-12(2)22(23,24)25/h4-6,8,10,12,14H,3,7,9,11H2,1-2H3,(H,26,33)(H,28,34)(H,27,30,35)/t12?,14-/m0/s1. The molecule has 186 valence electrons. The molecule has 2 bridgehead atoms. The van der Waals surface area contributed by atoms with Crippen LogP contribution in [0.1, 0.15) is 41.1 Å². The predicted molar refractivity (Wildman–Crippen MR) is 122 cm³/mol. The van der Waals surface area contributed by atoms with Crippen LogP contribution in [0.2, 0.25) is 0 Å². The molecule has 1 unspecified atom stereocenters. The molecule has 0 radical (unpaired) electrons. The number of carbonyl (C=O) groups is 3. The Morgan fingerprint density at radius 3 is 2.69 bits per heavy atom. The van der Waals surface area contributed by atoms with Crippen molar-refractivity contribution in [3.63, 3.8) is 0 Å².